The third kappa shape index (κ3) is 1.55. The predicted molar refractivity (Wildman–Crippen MR) is 82.1 cm³/mol. The third-order valence-electron chi connectivity index (χ3n) is 7.43. The molecule has 0 unspecified atom stereocenters. The molecule has 3 fully saturated rings. The maximum atomic E-state index is 12.5. The van der Waals surface area contributed by atoms with Crippen LogP contribution in [0.2, 0.25) is 0 Å². The van der Waals surface area contributed by atoms with Gasteiger partial charge in [-0.25, -0.2) is 0 Å². The molecule has 0 aromatic rings. The molecule has 0 aromatic carbocycles. The number of hydrogen-bond acceptors (Lipinski definition) is 3. The van der Waals surface area contributed by atoms with Crippen molar-refractivity contribution in [3.63, 3.8) is 0 Å². The van der Waals surface area contributed by atoms with Gasteiger partial charge in [0.1, 0.15) is 0 Å². The van der Waals surface area contributed by atoms with Crippen LogP contribution < -0.4 is 0 Å². The molecule has 3 nitrogen and oxygen atoms in total. The Morgan fingerprint density at radius 2 is 1.82 bits per heavy atom. The topological polar surface area (TPSA) is 51.2 Å². The molecule has 4 rings (SSSR count). The Balaban J connectivity index is 1.77. The predicted octanol–water partition coefficient (Wildman–Crippen LogP) is 3.27. The van der Waals surface area contributed by atoms with Crippen molar-refractivity contribution in [1.82, 2.24) is 0 Å². The smallest absolute Gasteiger partial charge is 0.265 e. The zero-order chi connectivity index (χ0) is 15.7. The molecule has 3 saturated carbocycles. The molecule has 0 aliphatic heterocycles. The van der Waals surface area contributed by atoms with Gasteiger partial charge in [0, 0.05) is 11.3 Å². The van der Waals surface area contributed by atoms with Crippen molar-refractivity contribution in [2.24, 2.45) is 28.6 Å². The van der Waals surface area contributed by atoms with Gasteiger partial charge in [0.15, 0.2) is 0 Å². The molecule has 0 aromatic heterocycles. The Hall–Kier alpha value is -1.25. The lowest BCUT2D eigenvalue weighted by Gasteiger charge is -2.56. The van der Waals surface area contributed by atoms with E-state index in [1.54, 1.807) is 5.57 Å². The summed E-state index contributed by atoms with van der Waals surface area (Å²) in [5.74, 6) is -1.16. The molecular formula is C19H24O3. The molecule has 3 heteroatoms. The quantitative estimate of drug-likeness (QED) is 0.509. The molecule has 0 heterocycles. The minimum Gasteiger partial charge on any atom is -0.290 e. The lowest BCUT2D eigenvalue weighted by molar-refractivity contribution is -0.141. The van der Waals surface area contributed by atoms with Crippen molar-refractivity contribution in [3.8, 4) is 0 Å². The van der Waals surface area contributed by atoms with E-state index < -0.39 is 17.0 Å². The summed E-state index contributed by atoms with van der Waals surface area (Å²) >= 11 is 0. The first-order chi connectivity index (χ1) is 10.4. The van der Waals surface area contributed by atoms with E-state index in [1.807, 2.05) is 6.92 Å². The van der Waals surface area contributed by atoms with Crippen LogP contribution in [0.4, 0.5) is 0 Å². The average molecular weight is 300 g/mol. The first-order valence-corrected chi connectivity index (χ1v) is 8.72. The number of hydrogen-bond donors (Lipinski definition) is 0. The molecular weight excluding hydrogens is 276 g/mol. The van der Waals surface area contributed by atoms with E-state index in [2.05, 4.69) is 13.0 Å². The van der Waals surface area contributed by atoms with Gasteiger partial charge in [-0.15, -0.1) is 0 Å². The molecule has 0 N–H and O–H groups in total. The van der Waals surface area contributed by atoms with Gasteiger partial charge in [-0.05, 0) is 62.2 Å². The zero-order valence-corrected chi connectivity index (χ0v) is 13.5. The van der Waals surface area contributed by atoms with Crippen molar-refractivity contribution in [2.75, 3.05) is 0 Å². The monoisotopic (exact) mass is 300 g/mol. The number of carbonyl (C=O) groups is 3. The van der Waals surface area contributed by atoms with Gasteiger partial charge in [-0.2, -0.15) is 0 Å². The SMILES string of the molecule is C[C@]12CCCC=C1CC[C@@H]1[C@@H]2CC[C@]2(C)C(=O)C(=O)C(=O)[C@@H]12. The van der Waals surface area contributed by atoms with E-state index in [-0.39, 0.29) is 23.0 Å². The Morgan fingerprint density at radius 3 is 2.59 bits per heavy atom. The van der Waals surface area contributed by atoms with Gasteiger partial charge in [-0.1, -0.05) is 25.5 Å². The number of Topliss-reactive ketones (excluding diaryl/α,β-unsaturated/α-hetero) is 3. The van der Waals surface area contributed by atoms with Crippen LogP contribution in [-0.4, -0.2) is 17.3 Å². The minimum absolute atomic E-state index is 0.192. The molecule has 4 aliphatic rings. The molecule has 0 saturated heterocycles. The van der Waals surface area contributed by atoms with Crippen LogP contribution in [0.1, 0.15) is 58.8 Å². The molecule has 118 valence electrons. The van der Waals surface area contributed by atoms with Gasteiger partial charge in [0.05, 0.1) is 0 Å². The van der Waals surface area contributed by atoms with Crippen LogP contribution in [0.5, 0.6) is 0 Å². The zero-order valence-electron chi connectivity index (χ0n) is 13.5. The van der Waals surface area contributed by atoms with E-state index in [0.717, 1.165) is 19.3 Å². The van der Waals surface area contributed by atoms with Gasteiger partial charge < -0.3 is 0 Å². The number of allylic oxidation sites excluding steroid dienone is 2. The van der Waals surface area contributed by atoms with E-state index in [0.29, 0.717) is 12.3 Å². The lowest BCUT2D eigenvalue weighted by atomic mass is 9.47. The highest BCUT2D eigenvalue weighted by atomic mass is 16.2. The largest absolute Gasteiger partial charge is 0.290 e. The highest BCUT2D eigenvalue weighted by Crippen LogP contribution is 2.63. The number of carbonyl (C=O) groups excluding carboxylic acids is 3. The normalized spacial score (nSPS) is 47.6. The fraction of sp³-hybridized carbons (Fsp3) is 0.737. The summed E-state index contributed by atoms with van der Waals surface area (Å²) in [7, 11) is 0. The van der Waals surface area contributed by atoms with Crippen LogP contribution in [0.3, 0.4) is 0 Å². The van der Waals surface area contributed by atoms with Gasteiger partial charge in [0.25, 0.3) is 5.78 Å². The highest BCUT2D eigenvalue weighted by Gasteiger charge is 2.65. The van der Waals surface area contributed by atoms with Crippen LogP contribution >= 0.6 is 0 Å². The van der Waals surface area contributed by atoms with Crippen molar-refractivity contribution < 1.29 is 14.4 Å². The first-order valence-electron chi connectivity index (χ1n) is 8.72. The van der Waals surface area contributed by atoms with E-state index >= 15 is 0 Å². The second-order valence-electron chi connectivity index (χ2n) is 8.30. The number of fused-ring (bicyclic) bond motifs is 5. The Bertz CT molecular complexity index is 616. The fourth-order valence-corrected chi connectivity index (χ4v) is 6.21. The Morgan fingerprint density at radius 1 is 1.05 bits per heavy atom. The summed E-state index contributed by atoms with van der Waals surface area (Å²) in [5.41, 5.74) is 1.06. The maximum absolute atomic E-state index is 12.5. The highest BCUT2D eigenvalue weighted by molar-refractivity contribution is 6.68. The molecule has 22 heavy (non-hydrogen) atoms. The Kier molecular flexibility index (Phi) is 2.87. The van der Waals surface area contributed by atoms with Crippen molar-refractivity contribution >= 4 is 17.3 Å². The Labute approximate surface area is 131 Å². The summed E-state index contributed by atoms with van der Waals surface area (Å²) in [6.07, 6.45) is 9.71. The van der Waals surface area contributed by atoms with Crippen LogP contribution in [0, 0.1) is 28.6 Å². The summed E-state index contributed by atoms with van der Waals surface area (Å²) in [4.78, 5) is 36.8. The van der Waals surface area contributed by atoms with Crippen molar-refractivity contribution in [3.05, 3.63) is 11.6 Å². The summed E-state index contributed by atoms with van der Waals surface area (Å²) in [6, 6.07) is 0. The summed E-state index contributed by atoms with van der Waals surface area (Å²) in [5, 5.41) is 0. The van der Waals surface area contributed by atoms with Gasteiger partial charge >= 0.3 is 0 Å². The summed E-state index contributed by atoms with van der Waals surface area (Å²) in [6.45, 7) is 4.23. The third-order valence-corrected chi connectivity index (χ3v) is 7.43. The van der Waals surface area contributed by atoms with E-state index in [9.17, 15) is 14.4 Å². The molecule has 4 aliphatic carbocycles. The molecule has 0 amide bonds. The van der Waals surface area contributed by atoms with Crippen molar-refractivity contribution in [2.45, 2.75) is 58.8 Å². The minimum atomic E-state index is -0.719. The molecule has 5 atom stereocenters. The van der Waals surface area contributed by atoms with Gasteiger partial charge in [0.2, 0.25) is 11.6 Å². The lowest BCUT2D eigenvalue weighted by Crippen LogP contribution is -2.51. The second-order valence-corrected chi connectivity index (χ2v) is 8.30. The summed E-state index contributed by atoms with van der Waals surface area (Å²) < 4.78 is 0. The molecule has 0 bridgehead atoms. The average Bonchev–Trinajstić information content (AvgIpc) is 2.68. The van der Waals surface area contributed by atoms with E-state index in [1.165, 1.54) is 19.3 Å². The van der Waals surface area contributed by atoms with E-state index in [4.69, 9.17) is 0 Å². The molecule has 0 radical (unpaired) electrons. The second kappa shape index (κ2) is 4.39. The van der Waals surface area contributed by atoms with Gasteiger partial charge in [-0.3, -0.25) is 14.4 Å². The maximum Gasteiger partial charge on any atom is 0.265 e. The fourth-order valence-electron chi connectivity index (χ4n) is 6.21. The van der Waals surface area contributed by atoms with Crippen LogP contribution in [0.25, 0.3) is 0 Å². The van der Waals surface area contributed by atoms with Crippen LogP contribution in [-0.2, 0) is 14.4 Å². The number of ketones is 3. The number of rotatable bonds is 0. The van der Waals surface area contributed by atoms with Crippen molar-refractivity contribution in [1.29, 1.82) is 0 Å². The first kappa shape index (κ1) is 14.3. The molecule has 0 spiro atoms. The standard InChI is InChI=1S/C19H24O3/c1-18-9-4-3-5-11(18)6-7-12-13(18)8-10-19(2)14(12)15(20)16(21)17(19)22/h5,12-14H,3-4,6-10H2,1-2H3/t12-,13+,14-,18+,19+/m1/s1. The van der Waals surface area contributed by atoms with Crippen LogP contribution in [0.15, 0.2) is 11.6 Å².